The minimum absolute atomic E-state index is 0.0469. The van der Waals surface area contributed by atoms with Crippen LogP contribution in [0.25, 0.3) is 0 Å². The Hall–Kier alpha value is -1.49. The largest absolute Gasteiger partial charge is 0.282 e. The van der Waals surface area contributed by atoms with Crippen molar-refractivity contribution in [3.8, 4) is 0 Å². The van der Waals surface area contributed by atoms with E-state index in [0.29, 0.717) is 13.2 Å². The van der Waals surface area contributed by atoms with Crippen LogP contribution >= 0.6 is 0 Å². The molecular formula is C9H9FN2O2. The van der Waals surface area contributed by atoms with Crippen molar-refractivity contribution in [2.24, 2.45) is 0 Å². The SMILES string of the molecule is O=C(c1cccnc1F)N1CCCO1. The predicted octanol–water partition coefficient (Wildman–Crippen LogP) is 0.998. The van der Waals surface area contributed by atoms with Crippen molar-refractivity contribution < 1.29 is 14.0 Å². The summed E-state index contributed by atoms with van der Waals surface area (Å²) < 4.78 is 13.1. The maximum Gasteiger partial charge on any atom is 0.282 e. The van der Waals surface area contributed by atoms with Crippen molar-refractivity contribution in [1.29, 1.82) is 0 Å². The maximum atomic E-state index is 13.1. The molecule has 0 unspecified atom stereocenters. The molecule has 0 spiro atoms. The fraction of sp³-hybridized carbons (Fsp3) is 0.333. The average molecular weight is 196 g/mol. The van der Waals surface area contributed by atoms with Crippen molar-refractivity contribution in [2.45, 2.75) is 6.42 Å². The van der Waals surface area contributed by atoms with E-state index in [1.165, 1.54) is 23.4 Å². The molecule has 1 aliphatic heterocycles. The fourth-order valence-electron chi connectivity index (χ4n) is 1.29. The van der Waals surface area contributed by atoms with Gasteiger partial charge in [0.2, 0.25) is 5.95 Å². The van der Waals surface area contributed by atoms with Gasteiger partial charge in [-0.1, -0.05) is 0 Å². The second-order valence-corrected chi connectivity index (χ2v) is 2.94. The lowest BCUT2D eigenvalue weighted by atomic mass is 10.2. The molecule has 0 bridgehead atoms. The molecule has 0 N–H and O–H groups in total. The van der Waals surface area contributed by atoms with Crippen LogP contribution in [0.5, 0.6) is 0 Å². The highest BCUT2D eigenvalue weighted by molar-refractivity contribution is 5.93. The van der Waals surface area contributed by atoms with Crippen molar-refractivity contribution >= 4 is 5.91 Å². The van der Waals surface area contributed by atoms with E-state index in [1.54, 1.807) is 0 Å². The fourth-order valence-corrected chi connectivity index (χ4v) is 1.29. The molecule has 5 heteroatoms. The third kappa shape index (κ3) is 1.58. The van der Waals surface area contributed by atoms with Gasteiger partial charge in [0.1, 0.15) is 0 Å². The molecule has 4 nitrogen and oxygen atoms in total. The summed E-state index contributed by atoms with van der Waals surface area (Å²) in [5, 5.41) is 1.17. The Kier molecular flexibility index (Phi) is 2.41. The zero-order chi connectivity index (χ0) is 9.97. The van der Waals surface area contributed by atoms with Crippen molar-refractivity contribution in [3.63, 3.8) is 0 Å². The Morgan fingerprint density at radius 2 is 2.50 bits per heavy atom. The van der Waals surface area contributed by atoms with Crippen LogP contribution in [0, 0.1) is 5.95 Å². The first-order valence-corrected chi connectivity index (χ1v) is 4.34. The summed E-state index contributed by atoms with van der Waals surface area (Å²) in [5.74, 6) is -1.22. The summed E-state index contributed by atoms with van der Waals surface area (Å²) in [6.07, 6.45) is 2.09. The van der Waals surface area contributed by atoms with E-state index in [-0.39, 0.29) is 5.56 Å². The molecule has 0 saturated carbocycles. The Morgan fingerprint density at radius 1 is 1.64 bits per heavy atom. The quantitative estimate of drug-likeness (QED) is 0.629. The monoisotopic (exact) mass is 196 g/mol. The van der Waals surface area contributed by atoms with Crippen LogP contribution in [0.4, 0.5) is 4.39 Å². The van der Waals surface area contributed by atoms with Gasteiger partial charge in [0.05, 0.1) is 18.7 Å². The van der Waals surface area contributed by atoms with E-state index in [1.807, 2.05) is 0 Å². The molecule has 1 aromatic heterocycles. The lowest BCUT2D eigenvalue weighted by molar-refractivity contribution is -0.0771. The van der Waals surface area contributed by atoms with Crippen molar-refractivity contribution in [2.75, 3.05) is 13.2 Å². The highest BCUT2D eigenvalue weighted by atomic mass is 19.1. The first-order chi connectivity index (χ1) is 6.79. The Morgan fingerprint density at radius 3 is 3.14 bits per heavy atom. The van der Waals surface area contributed by atoms with Gasteiger partial charge in [-0.25, -0.2) is 10.0 Å². The van der Waals surface area contributed by atoms with Crippen LogP contribution in [0.2, 0.25) is 0 Å². The van der Waals surface area contributed by atoms with Gasteiger partial charge in [0.15, 0.2) is 0 Å². The predicted molar refractivity (Wildman–Crippen MR) is 45.8 cm³/mol. The number of rotatable bonds is 1. The summed E-state index contributed by atoms with van der Waals surface area (Å²) in [6, 6.07) is 2.92. The van der Waals surface area contributed by atoms with Crippen LogP contribution in [0.1, 0.15) is 16.8 Å². The van der Waals surface area contributed by atoms with Gasteiger partial charge in [0.25, 0.3) is 5.91 Å². The number of pyridine rings is 1. The number of nitrogens with zero attached hydrogens (tertiary/aromatic N) is 2. The first-order valence-electron chi connectivity index (χ1n) is 4.34. The Bertz CT molecular complexity index is 350. The Balaban J connectivity index is 2.22. The summed E-state index contributed by atoms with van der Waals surface area (Å²) >= 11 is 0. The summed E-state index contributed by atoms with van der Waals surface area (Å²) in [4.78, 5) is 20.0. The maximum absolute atomic E-state index is 13.1. The standard InChI is InChI=1S/C9H9FN2O2/c10-8-7(3-1-4-11-8)9(13)12-5-2-6-14-12/h1,3-4H,2,5-6H2. The number of aromatic nitrogens is 1. The van der Waals surface area contributed by atoms with E-state index < -0.39 is 11.9 Å². The van der Waals surface area contributed by atoms with Crippen molar-refractivity contribution in [1.82, 2.24) is 10.0 Å². The molecule has 1 saturated heterocycles. The number of hydroxylamine groups is 2. The van der Waals surface area contributed by atoms with Gasteiger partial charge in [-0.15, -0.1) is 0 Å². The van der Waals surface area contributed by atoms with E-state index in [2.05, 4.69) is 4.98 Å². The van der Waals surface area contributed by atoms with E-state index >= 15 is 0 Å². The first kappa shape index (κ1) is 9.08. The molecule has 1 fully saturated rings. The number of amides is 1. The number of hydrogen-bond acceptors (Lipinski definition) is 3. The molecule has 1 amide bonds. The molecule has 0 atom stereocenters. The average Bonchev–Trinajstić information content (AvgIpc) is 2.70. The summed E-state index contributed by atoms with van der Waals surface area (Å²) in [6.45, 7) is 1.01. The summed E-state index contributed by atoms with van der Waals surface area (Å²) in [5.41, 5.74) is -0.0469. The van der Waals surface area contributed by atoms with Crippen LogP contribution in [-0.4, -0.2) is 29.1 Å². The Labute approximate surface area is 80.3 Å². The van der Waals surface area contributed by atoms with Crippen LogP contribution in [-0.2, 0) is 4.84 Å². The van der Waals surface area contributed by atoms with E-state index in [0.717, 1.165) is 6.42 Å². The number of carbonyl (C=O) groups excluding carboxylic acids is 1. The molecule has 1 aromatic rings. The lowest BCUT2D eigenvalue weighted by Crippen LogP contribution is -2.27. The number of carbonyl (C=O) groups is 1. The molecule has 2 heterocycles. The third-order valence-corrected chi connectivity index (χ3v) is 1.97. The molecule has 0 aromatic carbocycles. The molecule has 1 aliphatic rings. The molecule has 0 radical (unpaired) electrons. The smallest absolute Gasteiger partial charge is 0.271 e. The topological polar surface area (TPSA) is 42.4 Å². The second kappa shape index (κ2) is 3.71. The van der Waals surface area contributed by atoms with Crippen molar-refractivity contribution in [3.05, 3.63) is 29.8 Å². The van der Waals surface area contributed by atoms with Gasteiger partial charge < -0.3 is 0 Å². The van der Waals surface area contributed by atoms with Gasteiger partial charge in [-0.2, -0.15) is 4.39 Å². The molecule has 74 valence electrons. The minimum atomic E-state index is -0.756. The van der Waals surface area contributed by atoms with Gasteiger partial charge in [-0.3, -0.25) is 9.63 Å². The molecular weight excluding hydrogens is 187 g/mol. The zero-order valence-electron chi connectivity index (χ0n) is 7.44. The van der Waals surface area contributed by atoms with Crippen LogP contribution in [0.15, 0.2) is 18.3 Å². The van der Waals surface area contributed by atoms with Crippen LogP contribution in [0.3, 0.4) is 0 Å². The van der Waals surface area contributed by atoms with Crippen LogP contribution < -0.4 is 0 Å². The zero-order valence-corrected chi connectivity index (χ0v) is 7.44. The molecule has 2 rings (SSSR count). The normalized spacial score (nSPS) is 15.9. The highest BCUT2D eigenvalue weighted by Gasteiger charge is 2.23. The minimum Gasteiger partial charge on any atom is -0.271 e. The number of hydrogen-bond donors (Lipinski definition) is 0. The van der Waals surface area contributed by atoms with E-state index in [9.17, 15) is 9.18 Å². The highest BCUT2D eigenvalue weighted by Crippen LogP contribution is 2.12. The summed E-state index contributed by atoms with van der Waals surface area (Å²) in [7, 11) is 0. The van der Waals surface area contributed by atoms with E-state index in [4.69, 9.17) is 4.84 Å². The van der Waals surface area contributed by atoms with Gasteiger partial charge in [-0.05, 0) is 18.6 Å². The third-order valence-electron chi connectivity index (χ3n) is 1.97. The van der Waals surface area contributed by atoms with Gasteiger partial charge in [0, 0.05) is 6.20 Å². The molecule has 0 aliphatic carbocycles. The second-order valence-electron chi connectivity index (χ2n) is 2.94. The number of halogens is 1. The molecule has 14 heavy (non-hydrogen) atoms. The lowest BCUT2D eigenvalue weighted by Gasteiger charge is -2.13. The van der Waals surface area contributed by atoms with Gasteiger partial charge >= 0.3 is 0 Å².